The van der Waals surface area contributed by atoms with Crippen LogP contribution >= 0.6 is 23.2 Å². The fourth-order valence-corrected chi connectivity index (χ4v) is 2.46. The van der Waals surface area contributed by atoms with Crippen LogP contribution in [0, 0.1) is 0 Å². The van der Waals surface area contributed by atoms with E-state index in [1.807, 2.05) is 31.2 Å². The van der Waals surface area contributed by atoms with Gasteiger partial charge in [-0.3, -0.25) is 0 Å². The molecule has 0 spiro atoms. The molecule has 1 atom stereocenters. The van der Waals surface area contributed by atoms with Crippen LogP contribution in [0.15, 0.2) is 42.5 Å². The van der Waals surface area contributed by atoms with Gasteiger partial charge in [-0.25, -0.2) is 0 Å². The summed E-state index contributed by atoms with van der Waals surface area (Å²) in [6, 6.07) is 12.8. The highest BCUT2D eigenvalue weighted by Crippen LogP contribution is 2.26. The average Bonchev–Trinajstić information content (AvgIpc) is 2.37. The number of hydrogen-bond acceptors (Lipinski definition) is 2. The first-order chi connectivity index (χ1) is 9.08. The maximum atomic E-state index is 9.70. The number of para-hydroxylation sites is 1. The second-order valence-electron chi connectivity index (χ2n) is 4.40. The van der Waals surface area contributed by atoms with Crippen molar-refractivity contribution in [2.75, 3.05) is 0 Å². The molecule has 2 nitrogen and oxygen atoms in total. The van der Waals surface area contributed by atoms with E-state index in [-0.39, 0.29) is 6.04 Å². The fourth-order valence-electron chi connectivity index (χ4n) is 1.89. The van der Waals surface area contributed by atoms with Crippen molar-refractivity contribution in [2.45, 2.75) is 19.5 Å². The highest BCUT2D eigenvalue weighted by atomic mass is 35.5. The first-order valence-electron chi connectivity index (χ1n) is 6.03. The van der Waals surface area contributed by atoms with E-state index in [0.29, 0.717) is 22.3 Å². The molecule has 0 saturated heterocycles. The van der Waals surface area contributed by atoms with Gasteiger partial charge in [0.15, 0.2) is 0 Å². The van der Waals surface area contributed by atoms with Crippen molar-refractivity contribution in [2.24, 2.45) is 0 Å². The summed E-state index contributed by atoms with van der Waals surface area (Å²) in [5, 5.41) is 14.3. The summed E-state index contributed by atoms with van der Waals surface area (Å²) in [6.45, 7) is 2.60. The van der Waals surface area contributed by atoms with Gasteiger partial charge in [-0.1, -0.05) is 47.5 Å². The molecule has 4 heteroatoms. The molecule has 2 aromatic carbocycles. The highest BCUT2D eigenvalue weighted by Gasteiger charge is 2.10. The van der Waals surface area contributed by atoms with E-state index in [0.717, 1.165) is 11.1 Å². The van der Waals surface area contributed by atoms with Crippen molar-refractivity contribution in [3.8, 4) is 5.75 Å². The van der Waals surface area contributed by atoms with Crippen molar-refractivity contribution >= 4 is 23.2 Å². The third kappa shape index (κ3) is 3.63. The van der Waals surface area contributed by atoms with Crippen LogP contribution in [-0.4, -0.2) is 5.11 Å². The van der Waals surface area contributed by atoms with E-state index in [4.69, 9.17) is 23.2 Å². The normalized spacial score (nSPS) is 12.4. The largest absolute Gasteiger partial charge is 0.508 e. The molecule has 0 aliphatic heterocycles. The molecule has 0 fully saturated rings. The standard InChI is InChI=1S/C15H15Cl2NO/c1-10(13-7-6-12(16)8-14(13)17)18-9-11-4-2-3-5-15(11)19/h2-8,10,18-19H,9H2,1H3. The molecule has 0 bridgehead atoms. The molecular formula is C15H15Cl2NO. The monoisotopic (exact) mass is 295 g/mol. The second-order valence-corrected chi connectivity index (χ2v) is 5.24. The Morgan fingerprint density at radius 3 is 2.58 bits per heavy atom. The lowest BCUT2D eigenvalue weighted by atomic mass is 10.1. The Kier molecular flexibility index (Phi) is 4.70. The number of hydrogen-bond donors (Lipinski definition) is 2. The smallest absolute Gasteiger partial charge is 0.120 e. The summed E-state index contributed by atoms with van der Waals surface area (Å²) in [5.74, 6) is 0.296. The third-order valence-corrected chi connectivity index (χ3v) is 3.58. The molecule has 0 aromatic heterocycles. The van der Waals surface area contributed by atoms with E-state index in [9.17, 15) is 5.11 Å². The number of aromatic hydroxyl groups is 1. The van der Waals surface area contributed by atoms with E-state index in [2.05, 4.69) is 5.32 Å². The summed E-state index contributed by atoms with van der Waals surface area (Å²) in [5.41, 5.74) is 1.85. The van der Waals surface area contributed by atoms with E-state index in [1.165, 1.54) is 0 Å². The first-order valence-corrected chi connectivity index (χ1v) is 6.78. The number of benzene rings is 2. The van der Waals surface area contributed by atoms with Gasteiger partial charge in [0.25, 0.3) is 0 Å². The molecule has 0 radical (unpaired) electrons. The minimum Gasteiger partial charge on any atom is -0.508 e. The topological polar surface area (TPSA) is 32.3 Å². The predicted octanol–water partition coefficient (Wildman–Crippen LogP) is 4.55. The molecule has 0 amide bonds. The van der Waals surface area contributed by atoms with E-state index in [1.54, 1.807) is 18.2 Å². The highest BCUT2D eigenvalue weighted by molar-refractivity contribution is 6.35. The van der Waals surface area contributed by atoms with Gasteiger partial charge in [-0.05, 0) is 30.7 Å². The summed E-state index contributed by atoms with van der Waals surface area (Å²) in [6.07, 6.45) is 0. The third-order valence-electron chi connectivity index (χ3n) is 3.02. The lowest BCUT2D eigenvalue weighted by Crippen LogP contribution is -2.18. The number of phenols is 1. The van der Waals surface area contributed by atoms with Crippen LogP contribution in [0.3, 0.4) is 0 Å². The van der Waals surface area contributed by atoms with Crippen LogP contribution in [-0.2, 0) is 6.54 Å². The molecule has 0 aliphatic rings. The minimum absolute atomic E-state index is 0.0735. The maximum absolute atomic E-state index is 9.70. The summed E-state index contributed by atoms with van der Waals surface area (Å²) in [7, 11) is 0. The van der Waals surface area contributed by atoms with Gasteiger partial charge in [0.1, 0.15) is 5.75 Å². The predicted molar refractivity (Wildman–Crippen MR) is 79.8 cm³/mol. The molecule has 2 rings (SSSR count). The van der Waals surface area contributed by atoms with Crippen LogP contribution in [0.2, 0.25) is 10.0 Å². The molecule has 2 N–H and O–H groups in total. The van der Waals surface area contributed by atoms with Gasteiger partial charge in [0, 0.05) is 28.2 Å². The Balaban J connectivity index is 2.05. The Morgan fingerprint density at radius 1 is 1.16 bits per heavy atom. The molecule has 2 aromatic rings. The van der Waals surface area contributed by atoms with Crippen molar-refractivity contribution in [1.82, 2.24) is 5.32 Å². The first kappa shape index (κ1) is 14.2. The summed E-state index contributed by atoms with van der Waals surface area (Å²) >= 11 is 12.0. The fraction of sp³-hybridized carbons (Fsp3) is 0.200. The molecule has 0 heterocycles. The molecule has 0 saturated carbocycles. The van der Waals surface area contributed by atoms with Crippen molar-refractivity contribution in [1.29, 1.82) is 0 Å². The van der Waals surface area contributed by atoms with Crippen molar-refractivity contribution in [3.63, 3.8) is 0 Å². The zero-order chi connectivity index (χ0) is 13.8. The number of rotatable bonds is 4. The molecule has 1 unspecified atom stereocenters. The Morgan fingerprint density at radius 2 is 1.89 bits per heavy atom. The van der Waals surface area contributed by atoms with Gasteiger partial charge in [0.2, 0.25) is 0 Å². The molecule has 19 heavy (non-hydrogen) atoms. The average molecular weight is 296 g/mol. The maximum Gasteiger partial charge on any atom is 0.120 e. The van der Waals surface area contributed by atoms with Crippen LogP contribution in [0.4, 0.5) is 0 Å². The summed E-state index contributed by atoms with van der Waals surface area (Å²) < 4.78 is 0. The molecular weight excluding hydrogens is 281 g/mol. The Bertz CT molecular complexity index is 572. The van der Waals surface area contributed by atoms with Gasteiger partial charge in [-0.2, -0.15) is 0 Å². The number of halogens is 2. The quantitative estimate of drug-likeness (QED) is 0.867. The van der Waals surface area contributed by atoms with Crippen LogP contribution in [0.1, 0.15) is 24.1 Å². The number of phenolic OH excluding ortho intramolecular Hbond substituents is 1. The van der Waals surface area contributed by atoms with Gasteiger partial charge < -0.3 is 10.4 Å². The van der Waals surface area contributed by atoms with Crippen molar-refractivity contribution in [3.05, 3.63) is 63.6 Å². The zero-order valence-corrected chi connectivity index (χ0v) is 12.0. The van der Waals surface area contributed by atoms with Gasteiger partial charge in [-0.15, -0.1) is 0 Å². The molecule has 100 valence electrons. The van der Waals surface area contributed by atoms with Crippen LogP contribution < -0.4 is 5.32 Å². The Hall–Kier alpha value is -1.22. The van der Waals surface area contributed by atoms with Gasteiger partial charge in [0.05, 0.1) is 0 Å². The molecule has 0 aliphatic carbocycles. The van der Waals surface area contributed by atoms with Gasteiger partial charge >= 0.3 is 0 Å². The van der Waals surface area contributed by atoms with Crippen molar-refractivity contribution < 1.29 is 5.11 Å². The second kappa shape index (κ2) is 6.29. The minimum atomic E-state index is 0.0735. The number of nitrogens with one attached hydrogen (secondary N) is 1. The lowest BCUT2D eigenvalue weighted by Gasteiger charge is -2.16. The van der Waals surface area contributed by atoms with Crippen LogP contribution in [0.25, 0.3) is 0 Å². The Labute approximate surface area is 123 Å². The van der Waals surface area contributed by atoms with Crippen LogP contribution in [0.5, 0.6) is 5.75 Å². The lowest BCUT2D eigenvalue weighted by molar-refractivity contribution is 0.460. The SMILES string of the molecule is CC(NCc1ccccc1O)c1ccc(Cl)cc1Cl. The van der Waals surface area contributed by atoms with E-state index >= 15 is 0 Å². The summed E-state index contributed by atoms with van der Waals surface area (Å²) in [4.78, 5) is 0. The zero-order valence-electron chi connectivity index (χ0n) is 10.5. The van der Waals surface area contributed by atoms with E-state index < -0.39 is 0 Å².